The van der Waals surface area contributed by atoms with Crippen LogP contribution in [0.15, 0.2) is 47.4 Å². The number of hydrogen-bond donors (Lipinski definition) is 0. The first-order valence-corrected chi connectivity index (χ1v) is 12.2. The van der Waals surface area contributed by atoms with E-state index in [0.717, 1.165) is 12.0 Å². The number of hydrogen-bond acceptors (Lipinski definition) is 6. The fourth-order valence-corrected chi connectivity index (χ4v) is 5.17. The third-order valence-corrected chi connectivity index (χ3v) is 7.48. The van der Waals surface area contributed by atoms with Gasteiger partial charge in [-0.05, 0) is 38.1 Å². The van der Waals surface area contributed by atoms with Crippen molar-refractivity contribution < 1.29 is 27.4 Å². The summed E-state index contributed by atoms with van der Waals surface area (Å²) in [6, 6.07) is 12.2. The highest BCUT2D eigenvalue weighted by molar-refractivity contribution is 7.89. The lowest BCUT2D eigenvalue weighted by molar-refractivity contribution is -0.139. The van der Waals surface area contributed by atoms with Gasteiger partial charge in [0.2, 0.25) is 10.0 Å². The number of aryl methyl sites for hydroxylation is 1. The maximum Gasteiger partial charge on any atom is 0.263 e. The van der Waals surface area contributed by atoms with Crippen molar-refractivity contribution in [2.24, 2.45) is 0 Å². The van der Waals surface area contributed by atoms with Crippen molar-refractivity contribution in [1.82, 2.24) is 9.21 Å². The van der Waals surface area contributed by atoms with Gasteiger partial charge in [0, 0.05) is 38.7 Å². The van der Waals surface area contributed by atoms with E-state index in [1.165, 1.54) is 16.4 Å². The summed E-state index contributed by atoms with van der Waals surface area (Å²) < 4.78 is 44.7. The predicted octanol–water partition coefficient (Wildman–Crippen LogP) is 2.46. The Morgan fingerprint density at radius 3 is 2.31 bits per heavy atom. The average Bonchev–Trinajstić information content (AvgIpc) is 3.05. The van der Waals surface area contributed by atoms with Gasteiger partial charge in [-0.1, -0.05) is 17.7 Å². The molecule has 9 heteroatoms. The lowest BCUT2D eigenvalue weighted by Gasteiger charge is -2.35. The van der Waals surface area contributed by atoms with Crippen molar-refractivity contribution in [3.05, 3.63) is 48.0 Å². The van der Waals surface area contributed by atoms with Gasteiger partial charge >= 0.3 is 0 Å². The van der Waals surface area contributed by atoms with Crippen molar-refractivity contribution in [3.63, 3.8) is 0 Å². The zero-order valence-corrected chi connectivity index (χ0v) is 19.1. The van der Waals surface area contributed by atoms with Crippen molar-refractivity contribution >= 4 is 15.9 Å². The summed E-state index contributed by atoms with van der Waals surface area (Å²) in [5.41, 5.74) is 1.11. The summed E-state index contributed by atoms with van der Waals surface area (Å²) in [4.78, 5) is 14.6. The molecule has 1 amide bonds. The number of piperazine rings is 1. The molecule has 8 nitrogen and oxygen atoms in total. The predicted molar refractivity (Wildman–Crippen MR) is 119 cm³/mol. The van der Waals surface area contributed by atoms with Gasteiger partial charge in [-0.15, -0.1) is 0 Å². The van der Waals surface area contributed by atoms with Gasteiger partial charge in [-0.2, -0.15) is 4.31 Å². The Morgan fingerprint density at radius 1 is 0.969 bits per heavy atom. The van der Waals surface area contributed by atoms with Crippen LogP contribution in [0.3, 0.4) is 0 Å². The van der Waals surface area contributed by atoms with Crippen LogP contribution in [0.2, 0.25) is 0 Å². The van der Waals surface area contributed by atoms with Gasteiger partial charge in [0.05, 0.1) is 18.1 Å². The molecule has 4 rings (SSSR count). The minimum absolute atomic E-state index is 0.154. The van der Waals surface area contributed by atoms with E-state index in [1.807, 2.05) is 31.2 Å². The first-order chi connectivity index (χ1) is 15.3. The van der Waals surface area contributed by atoms with Gasteiger partial charge in [-0.25, -0.2) is 8.42 Å². The molecule has 0 N–H and O–H groups in total. The minimum Gasteiger partial charge on any atom is -0.490 e. The normalized spacial score (nSPS) is 18.0. The smallest absolute Gasteiger partial charge is 0.263 e. The SMILES string of the molecule is Cc1ccc(OC(C)C(=O)N2CCN(S(=O)(=O)c3ccc4c(c3)OCCCO4)CC2)cc1. The molecule has 2 aromatic rings. The lowest BCUT2D eigenvalue weighted by atomic mass is 10.2. The number of fused-ring (bicyclic) bond motifs is 1. The average molecular weight is 461 g/mol. The van der Waals surface area contributed by atoms with Crippen LogP contribution in [0.25, 0.3) is 0 Å². The number of carbonyl (C=O) groups is 1. The second-order valence-corrected chi connectivity index (χ2v) is 9.90. The van der Waals surface area contributed by atoms with E-state index >= 15 is 0 Å². The third kappa shape index (κ3) is 4.83. The first-order valence-electron chi connectivity index (χ1n) is 10.8. The molecule has 0 aliphatic carbocycles. The largest absolute Gasteiger partial charge is 0.490 e. The summed E-state index contributed by atoms with van der Waals surface area (Å²) in [6.07, 6.45) is 0.0984. The molecule has 1 atom stereocenters. The summed E-state index contributed by atoms with van der Waals surface area (Å²) >= 11 is 0. The van der Waals surface area contributed by atoms with Gasteiger partial charge < -0.3 is 19.1 Å². The van der Waals surface area contributed by atoms with Crippen molar-refractivity contribution in [3.8, 4) is 17.2 Å². The molecular weight excluding hydrogens is 432 g/mol. The highest BCUT2D eigenvalue weighted by Gasteiger charge is 2.32. The number of sulfonamides is 1. The Morgan fingerprint density at radius 2 is 1.62 bits per heavy atom. The monoisotopic (exact) mass is 460 g/mol. The Labute approximate surface area is 188 Å². The van der Waals surface area contributed by atoms with Crippen molar-refractivity contribution in [2.75, 3.05) is 39.4 Å². The maximum atomic E-state index is 13.1. The van der Waals surface area contributed by atoms with Crippen LogP contribution in [0.4, 0.5) is 0 Å². The number of benzene rings is 2. The van der Waals surface area contributed by atoms with E-state index in [9.17, 15) is 13.2 Å². The number of carbonyl (C=O) groups excluding carboxylic acids is 1. The molecule has 2 aliphatic rings. The van der Waals surface area contributed by atoms with Crippen LogP contribution in [-0.4, -0.2) is 69.0 Å². The van der Waals surface area contributed by atoms with E-state index in [-0.39, 0.29) is 23.9 Å². The highest BCUT2D eigenvalue weighted by Crippen LogP contribution is 2.33. The first kappa shape index (κ1) is 22.4. The van der Waals surface area contributed by atoms with Crippen LogP contribution >= 0.6 is 0 Å². The highest BCUT2D eigenvalue weighted by atomic mass is 32.2. The third-order valence-electron chi connectivity index (χ3n) is 5.59. The molecule has 0 radical (unpaired) electrons. The summed E-state index contributed by atoms with van der Waals surface area (Å²) in [7, 11) is -3.70. The van der Waals surface area contributed by atoms with E-state index < -0.39 is 16.1 Å². The van der Waals surface area contributed by atoms with Gasteiger partial charge in [0.25, 0.3) is 5.91 Å². The molecule has 0 saturated carbocycles. The molecule has 1 unspecified atom stereocenters. The molecule has 2 aliphatic heterocycles. The molecule has 172 valence electrons. The van der Waals surface area contributed by atoms with Gasteiger partial charge in [-0.3, -0.25) is 4.79 Å². The van der Waals surface area contributed by atoms with Crippen LogP contribution in [0.5, 0.6) is 17.2 Å². The van der Waals surface area contributed by atoms with E-state index in [0.29, 0.717) is 43.6 Å². The van der Waals surface area contributed by atoms with Crippen molar-refractivity contribution in [1.29, 1.82) is 0 Å². The zero-order valence-electron chi connectivity index (χ0n) is 18.3. The molecule has 0 aromatic heterocycles. The number of ether oxygens (including phenoxy) is 3. The quantitative estimate of drug-likeness (QED) is 0.682. The van der Waals surface area contributed by atoms with E-state index in [1.54, 1.807) is 17.9 Å². The molecule has 32 heavy (non-hydrogen) atoms. The lowest BCUT2D eigenvalue weighted by Crippen LogP contribution is -2.53. The standard InChI is InChI=1S/C23H28N2O6S/c1-17-4-6-19(7-5-17)31-18(2)23(26)24-10-12-25(13-11-24)32(27,28)20-8-9-21-22(16-20)30-15-3-14-29-21/h4-9,16,18H,3,10-15H2,1-2H3. The fraction of sp³-hybridized carbons (Fsp3) is 0.435. The number of rotatable bonds is 5. The second-order valence-electron chi connectivity index (χ2n) is 7.96. The fourth-order valence-electron chi connectivity index (χ4n) is 3.73. The summed E-state index contributed by atoms with van der Waals surface area (Å²) in [5.74, 6) is 1.48. The van der Waals surface area contributed by atoms with E-state index in [4.69, 9.17) is 14.2 Å². The molecule has 2 aromatic carbocycles. The molecule has 1 fully saturated rings. The molecule has 0 bridgehead atoms. The second kappa shape index (κ2) is 9.38. The molecule has 1 saturated heterocycles. The zero-order chi connectivity index (χ0) is 22.7. The Bertz CT molecular complexity index is 1060. The topological polar surface area (TPSA) is 85.4 Å². The Hall–Kier alpha value is -2.78. The van der Waals surface area contributed by atoms with Crippen LogP contribution < -0.4 is 14.2 Å². The van der Waals surface area contributed by atoms with Gasteiger partial charge in [0.1, 0.15) is 5.75 Å². The van der Waals surface area contributed by atoms with Crippen LogP contribution in [0.1, 0.15) is 18.9 Å². The Balaban J connectivity index is 1.37. The summed E-state index contributed by atoms with van der Waals surface area (Å²) in [5, 5.41) is 0. The minimum atomic E-state index is -3.70. The van der Waals surface area contributed by atoms with Gasteiger partial charge in [0.15, 0.2) is 17.6 Å². The summed E-state index contributed by atoms with van der Waals surface area (Å²) in [6.45, 7) is 5.79. The van der Waals surface area contributed by atoms with Crippen LogP contribution in [0, 0.1) is 6.92 Å². The number of amides is 1. The number of nitrogens with zero attached hydrogens (tertiary/aromatic N) is 2. The molecule has 0 spiro atoms. The van der Waals surface area contributed by atoms with Crippen molar-refractivity contribution in [2.45, 2.75) is 31.3 Å². The van der Waals surface area contributed by atoms with Crippen LogP contribution in [-0.2, 0) is 14.8 Å². The van der Waals surface area contributed by atoms with E-state index in [2.05, 4.69) is 0 Å². The molecular formula is C23H28N2O6S. The molecule has 2 heterocycles. The Kier molecular flexibility index (Phi) is 6.57. The maximum absolute atomic E-state index is 13.1.